The quantitative estimate of drug-likeness (QED) is 0.831. The Morgan fingerprint density at radius 1 is 1.30 bits per heavy atom. The minimum absolute atomic E-state index is 0.107. The Bertz CT molecular complexity index is 404. The number of piperidine rings is 1. The van der Waals surface area contributed by atoms with Gasteiger partial charge in [-0.05, 0) is 43.9 Å². The average Bonchev–Trinajstić information content (AvgIpc) is 3.17. The number of carbonyl (C=O) groups is 2. The lowest BCUT2D eigenvalue weighted by molar-refractivity contribution is -0.150. The van der Waals surface area contributed by atoms with E-state index in [1.807, 2.05) is 0 Å². The molecule has 2 aliphatic rings. The van der Waals surface area contributed by atoms with E-state index in [0.717, 1.165) is 6.42 Å². The summed E-state index contributed by atoms with van der Waals surface area (Å²) in [6, 6.07) is -0.107. The highest BCUT2D eigenvalue weighted by Crippen LogP contribution is 2.51. The maximum absolute atomic E-state index is 12.2. The van der Waals surface area contributed by atoms with E-state index in [9.17, 15) is 14.7 Å². The van der Waals surface area contributed by atoms with Gasteiger partial charge in [-0.15, -0.1) is 0 Å². The second kappa shape index (κ2) is 5.26. The van der Waals surface area contributed by atoms with Gasteiger partial charge in [0.25, 0.3) is 0 Å². The highest BCUT2D eigenvalue weighted by atomic mass is 16.4. The summed E-state index contributed by atoms with van der Waals surface area (Å²) >= 11 is 0. The number of rotatable bonds is 4. The van der Waals surface area contributed by atoms with Crippen LogP contribution in [0.15, 0.2) is 0 Å². The molecule has 0 aromatic carbocycles. The van der Waals surface area contributed by atoms with Gasteiger partial charge in [-0.25, -0.2) is 4.79 Å². The van der Waals surface area contributed by atoms with E-state index >= 15 is 0 Å². The van der Waals surface area contributed by atoms with Crippen LogP contribution in [-0.2, 0) is 4.79 Å². The summed E-state index contributed by atoms with van der Waals surface area (Å²) in [6.45, 7) is 7.80. The molecule has 1 unspecified atom stereocenters. The van der Waals surface area contributed by atoms with Crippen LogP contribution in [0.25, 0.3) is 0 Å². The van der Waals surface area contributed by atoms with Crippen LogP contribution in [0.3, 0.4) is 0 Å². The van der Waals surface area contributed by atoms with E-state index in [1.165, 1.54) is 12.8 Å². The van der Waals surface area contributed by atoms with Crippen LogP contribution in [0, 0.1) is 16.7 Å². The molecular formula is C15H26N2O3. The van der Waals surface area contributed by atoms with Crippen molar-refractivity contribution in [2.45, 2.75) is 46.5 Å². The van der Waals surface area contributed by atoms with Gasteiger partial charge in [0, 0.05) is 19.6 Å². The van der Waals surface area contributed by atoms with E-state index in [4.69, 9.17) is 0 Å². The average molecular weight is 282 g/mol. The molecule has 0 aromatic rings. The third kappa shape index (κ3) is 2.91. The first-order valence-electron chi connectivity index (χ1n) is 7.55. The number of nitrogens with one attached hydrogen (secondary N) is 1. The number of carboxylic acid groups (broad SMARTS) is 1. The maximum Gasteiger partial charge on any atom is 0.317 e. The molecule has 5 heteroatoms. The van der Waals surface area contributed by atoms with Gasteiger partial charge >= 0.3 is 12.0 Å². The first-order chi connectivity index (χ1) is 9.29. The summed E-state index contributed by atoms with van der Waals surface area (Å²) in [5.41, 5.74) is -0.521. The van der Waals surface area contributed by atoms with E-state index in [0.29, 0.717) is 32.0 Å². The van der Waals surface area contributed by atoms with Crippen molar-refractivity contribution in [1.29, 1.82) is 0 Å². The minimum atomic E-state index is -0.809. The second-order valence-corrected chi connectivity index (χ2v) is 7.07. The Kier molecular flexibility index (Phi) is 3.98. The van der Waals surface area contributed by atoms with Crippen molar-refractivity contribution < 1.29 is 14.7 Å². The number of likely N-dealkylation sites (tertiary alicyclic amines) is 1. The molecular weight excluding hydrogens is 256 g/mol. The molecule has 2 rings (SSSR count). The van der Waals surface area contributed by atoms with Crippen molar-refractivity contribution in [2.75, 3.05) is 19.6 Å². The Balaban J connectivity index is 1.88. The first-order valence-corrected chi connectivity index (χ1v) is 7.55. The van der Waals surface area contributed by atoms with Crippen molar-refractivity contribution in [2.24, 2.45) is 16.7 Å². The largest absolute Gasteiger partial charge is 0.481 e. The molecule has 1 saturated heterocycles. The predicted molar refractivity (Wildman–Crippen MR) is 76.5 cm³/mol. The molecule has 1 atom stereocenters. The monoisotopic (exact) mass is 282 g/mol. The lowest BCUT2D eigenvalue weighted by Gasteiger charge is -2.37. The van der Waals surface area contributed by atoms with Gasteiger partial charge in [0.05, 0.1) is 5.41 Å². The smallest absolute Gasteiger partial charge is 0.317 e. The zero-order chi connectivity index (χ0) is 15.0. The Hall–Kier alpha value is -1.26. The van der Waals surface area contributed by atoms with Crippen molar-refractivity contribution >= 4 is 12.0 Å². The van der Waals surface area contributed by atoms with Crippen LogP contribution in [0.4, 0.5) is 4.79 Å². The minimum Gasteiger partial charge on any atom is -0.481 e. The molecule has 114 valence electrons. The van der Waals surface area contributed by atoms with E-state index in [2.05, 4.69) is 19.2 Å². The van der Waals surface area contributed by atoms with Crippen molar-refractivity contribution in [3.63, 3.8) is 0 Å². The topological polar surface area (TPSA) is 69.6 Å². The summed E-state index contributed by atoms with van der Waals surface area (Å²) in [5, 5.41) is 12.3. The molecule has 2 amide bonds. The molecule has 5 nitrogen and oxygen atoms in total. The standard InChI is InChI=1S/C15H26N2O3/c1-11(2)15(6-7-15)9-16-13(20)17-8-4-5-14(3,10-17)12(18)19/h11H,4-10H2,1-3H3,(H,16,20)(H,18,19). The van der Waals surface area contributed by atoms with Crippen LogP contribution in [-0.4, -0.2) is 41.6 Å². The summed E-state index contributed by atoms with van der Waals surface area (Å²) in [4.78, 5) is 25.2. The van der Waals surface area contributed by atoms with Crippen LogP contribution in [0.1, 0.15) is 46.5 Å². The van der Waals surface area contributed by atoms with Crippen LogP contribution < -0.4 is 5.32 Å². The molecule has 0 aromatic heterocycles. The molecule has 0 spiro atoms. The van der Waals surface area contributed by atoms with Gasteiger partial charge in [-0.3, -0.25) is 4.79 Å². The van der Waals surface area contributed by atoms with Crippen LogP contribution in [0.5, 0.6) is 0 Å². The number of carbonyl (C=O) groups excluding carboxylic acids is 1. The zero-order valence-corrected chi connectivity index (χ0v) is 12.7. The number of hydrogen-bond donors (Lipinski definition) is 2. The molecule has 20 heavy (non-hydrogen) atoms. The van der Waals surface area contributed by atoms with Gasteiger partial charge in [0.2, 0.25) is 0 Å². The third-order valence-corrected chi connectivity index (χ3v) is 5.21. The number of carboxylic acids is 1. The zero-order valence-electron chi connectivity index (χ0n) is 12.7. The summed E-state index contributed by atoms with van der Waals surface area (Å²) in [5.74, 6) is -0.232. The van der Waals surface area contributed by atoms with E-state index < -0.39 is 11.4 Å². The fourth-order valence-electron chi connectivity index (χ4n) is 3.07. The third-order valence-electron chi connectivity index (χ3n) is 5.21. The Labute approximate surface area is 120 Å². The van der Waals surface area contributed by atoms with Crippen LogP contribution in [0.2, 0.25) is 0 Å². The van der Waals surface area contributed by atoms with E-state index in [-0.39, 0.29) is 11.4 Å². The Morgan fingerprint density at radius 2 is 1.95 bits per heavy atom. The van der Waals surface area contributed by atoms with Gasteiger partial charge < -0.3 is 15.3 Å². The summed E-state index contributed by atoms with van der Waals surface area (Å²) in [7, 11) is 0. The van der Waals surface area contributed by atoms with Crippen molar-refractivity contribution in [1.82, 2.24) is 10.2 Å². The van der Waals surface area contributed by atoms with Gasteiger partial charge in [0.1, 0.15) is 0 Å². The number of aliphatic carboxylic acids is 1. The molecule has 1 aliphatic heterocycles. The lowest BCUT2D eigenvalue weighted by atomic mass is 9.82. The van der Waals surface area contributed by atoms with Crippen molar-refractivity contribution in [3.8, 4) is 0 Å². The fourth-order valence-corrected chi connectivity index (χ4v) is 3.07. The Morgan fingerprint density at radius 3 is 2.45 bits per heavy atom. The molecule has 1 heterocycles. The van der Waals surface area contributed by atoms with Gasteiger partial charge in [-0.1, -0.05) is 13.8 Å². The molecule has 0 bridgehead atoms. The number of urea groups is 1. The molecule has 0 radical (unpaired) electrons. The fraction of sp³-hybridized carbons (Fsp3) is 0.867. The summed E-state index contributed by atoms with van der Waals surface area (Å²) < 4.78 is 0. The van der Waals surface area contributed by atoms with Crippen molar-refractivity contribution in [3.05, 3.63) is 0 Å². The highest BCUT2D eigenvalue weighted by Gasteiger charge is 2.46. The molecule has 1 saturated carbocycles. The summed E-state index contributed by atoms with van der Waals surface area (Å²) in [6.07, 6.45) is 3.75. The van der Waals surface area contributed by atoms with Gasteiger partial charge in [-0.2, -0.15) is 0 Å². The molecule has 1 aliphatic carbocycles. The maximum atomic E-state index is 12.2. The van der Waals surface area contributed by atoms with Gasteiger partial charge in [0.15, 0.2) is 0 Å². The lowest BCUT2D eigenvalue weighted by Crippen LogP contribution is -2.52. The SMILES string of the molecule is CC(C)C1(CNC(=O)N2CCCC(C)(C(=O)O)C2)CC1. The van der Waals surface area contributed by atoms with Crippen LogP contribution >= 0.6 is 0 Å². The number of hydrogen-bond acceptors (Lipinski definition) is 2. The number of amides is 2. The normalized spacial score (nSPS) is 28.3. The first kappa shape index (κ1) is 15.1. The van der Waals surface area contributed by atoms with E-state index in [1.54, 1.807) is 11.8 Å². The molecule has 2 fully saturated rings. The highest BCUT2D eigenvalue weighted by molar-refractivity contribution is 5.78. The molecule has 2 N–H and O–H groups in total. The second-order valence-electron chi connectivity index (χ2n) is 7.07. The predicted octanol–water partition coefficient (Wildman–Crippen LogP) is 2.32. The number of nitrogens with zero attached hydrogens (tertiary/aromatic N) is 1.